The third kappa shape index (κ3) is 4.42. The number of amides is 1. The quantitative estimate of drug-likeness (QED) is 0.671. The zero-order valence-corrected chi connectivity index (χ0v) is 10.6. The first kappa shape index (κ1) is 12.8. The summed E-state index contributed by atoms with van der Waals surface area (Å²) in [5, 5.41) is 3.04. The molecule has 3 heteroatoms. The number of carbonyl (C=O) groups is 1. The zero-order chi connectivity index (χ0) is 11.3. The van der Waals surface area contributed by atoms with E-state index in [4.69, 9.17) is 11.6 Å². The first-order valence-electron chi connectivity index (χ1n) is 5.94. The molecule has 1 unspecified atom stereocenters. The number of alkyl halides is 1. The molecule has 1 atom stereocenters. The molecule has 0 aromatic rings. The first-order chi connectivity index (χ1) is 7.12. The Balaban J connectivity index is 2.16. The minimum absolute atomic E-state index is 0.199. The number of nitrogens with one attached hydrogen (secondary N) is 1. The predicted molar refractivity (Wildman–Crippen MR) is 64.1 cm³/mol. The lowest BCUT2D eigenvalue weighted by molar-refractivity contribution is -0.122. The van der Waals surface area contributed by atoms with E-state index in [0.29, 0.717) is 23.6 Å². The highest BCUT2D eigenvalue weighted by Gasteiger charge is 2.41. The lowest BCUT2D eigenvalue weighted by Gasteiger charge is -2.15. The maximum absolute atomic E-state index is 11.5. The summed E-state index contributed by atoms with van der Waals surface area (Å²) in [6, 6.07) is 0. The van der Waals surface area contributed by atoms with Gasteiger partial charge in [-0.15, -0.1) is 11.6 Å². The highest BCUT2D eigenvalue weighted by Crippen LogP contribution is 2.48. The Morgan fingerprint density at radius 3 is 2.67 bits per heavy atom. The summed E-state index contributed by atoms with van der Waals surface area (Å²) in [6.45, 7) is 5.06. The Morgan fingerprint density at radius 1 is 1.53 bits per heavy atom. The Morgan fingerprint density at radius 2 is 2.20 bits per heavy atom. The van der Waals surface area contributed by atoms with Gasteiger partial charge in [0.1, 0.15) is 0 Å². The van der Waals surface area contributed by atoms with Crippen molar-refractivity contribution in [2.24, 2.45) is 11.3 Å². The number of rotatable bonds is 7. The van der Waals surface area contributed by atoms with Gasteiger partial charge in [0.05, 0.1) is 0 Å². The van der Waals surface area contributed by atoms with Crippen LogP contribution in [0.15, 0.2) is 0 Å². The van der Waals surface area contributed by atoms with Crippen molar-refractivity contribution in [1.29, 1.82) is 0 Å². The topological polar surface area (TPSA) is 29.1 Å². The third-order valence-electron chi connectivity index (χ3n) is 3.47. The smallest absolute Gasteiger partial charge is 0.220 e. The molecule has 1 fully saturated rings. The largest absolute Gasteiger partial charge is 0.356 e. The van der Waals surface area contributed by atoms with Gasteiger partial charge in [0.15, 0.2) is 0 Å². The summed E-state index contributed by atoms with van der Waals surface area (Å²) in [6.07, 6.45) is 5.22. The molecule has 15 heavy (non-hydrogen) atoms. The van der Waals surface area contributed by atoms with Crippen molar-refractivity contribution in [3.63, 3.8) is 0 Å². The van der Waals surface area contributed by atoms with Gasteiger partial charge in [-0.25, -0.2) is 0 Å². The van der Waals surface area contributed by atoms with Crippen molar-refractivity contribution in [1.82, 2.24) is 5.32 Å². The van der Waals surface area contributed by atoms with E-state index < -0.39 is 0 Å². The molecule has 1 saturated carbocycles. The first-order valence-corrected chi connectivity index (χ1v) is 6.48. The maximum atomic E-state index is 11.5. The van der Waals surface area contributed by atoms with Crippen LogP contribution in [0.4, 0.5) is 0 Å². The molecule has 2 nitrogen and oxygen atoms in total. The van der Waals surface area contributed by atoms with Crippen LogP contribution in [0.3, 0.4) is 0 Å². The van der Waals surface area contributed by atoms with Gasteiger partial charge in [0, 0.05) is 18.8 Å². The fraction of sp³-hybridized carbons (Fsp3) is 0.917. The number of carbonyl (C=O) groups excluding carboxylic acids is 1. The minimum Gasteiger partial charge on any atom is -0.356 e. The molecule has 1 aliphatic rings. The lowest BCUT2D eigenvalue weighted by Crippen LogP contribution is -2.31. The predicted octanol–water partition coefficient (Wildman–Crippen LogP) is 2.95. The zero-order valence-electron chi connectivity index (χ0n) is 9.81. The van der Waals surface area contributed by atoms with Crippen molar-refractivity contribution >= 4 is 17.5 Å². The SMILES string of the molecule is CCC(C)CC(=O)NCC1(CCCl)CC1. The van der Waals surface area contributed by atoms with E-state index in [9.17, 15) is 4.79 Å². The fourth-order valence-corrected chi connectivity index (χ4v) is 2.11. The Kier molecular flexibility index (Phi) is 4.91. The second kappa shape index (κ2) is 5.74. The van der Waals surface area contributed by atoms with Gasteiger partial charge in [0.2, 0.25) is 5.91 Å². The van der Waals surface area contributed by atoms with Crippen LogP contribution in [0.5, 0.6) is 0 Å². The molecule has 0 bridgehead atoms. The van der Waals surface area contributed by atoms with Crippen LogP contribution in [0.1, 0.15) is 46.0 Å². The summed E-state index contributed by atoms with van der Waals surface area (Å²) in [4.78, 5) is 11.5. The summed E-state index contributed by atoms with van der Waals surface area (Å²) >= 11 is 5.74. The Hall–Kier alpha value is -0.240. The highest BCUT2D eigenvalue weighted by atomic mass is 35.5. The van der Waals surface area contributed by atoms with Gasteiger partial charge in [-0.1, -0.05) is 20.3 Å². The van der Waals surface area contributed by atoms with E-state index in [2.05, 4.69) is 19.2 Å². The van der Waals surface area contributed by atoms with Gasteiger partial charge in [-0.05, 0) is 30.6 Å². The van der Waals surface area contributed by atoms with E-state index in [1.54, 1.807) is 0 Å². The van der Waals surface area contributed by atoms with E-state index >= 15 is 0 Å². The van der Waals surface area contributed by atoms with Crippen molar-refractivity contribution in [2.75, 3.05) is 12.4 Å². The van der Waals surface area contributed by atoms with Crippen molar-refractivity contribution in [3.05, 3.63) is 0 Å². The molecule has 88 valence electrons. The molecule has 0 radical (unpaired) electrons. The molecule has 0 aromatic heterocycles. The van der Waals surface area contributed by atoms with Crippen molar-refractivity contribution in [2.45, 2.75) is 46.0 Å². The second-order valence-corrected chi connectivity index (χ2v) is 5.31. The molecule has 1 aliphatic carbocycles. The van der Waals surface area contributed by atoms with E-state index in [-0.39, 0.29) is 5.91 Å². The Bertz CT molecular complexity index is 214. The molecular formula is C12H22ClNO. The fourth-order valence-electron chi connectivity index (χ4n) is 1.71. The molecule has 1 amide bonds. The molecule has 0 aromatic carbocycles. The lowest BCUT2D eigenvalue weighted by atomic mass is 10.0. The summed E-state index contributed by atoms with van der Waals surface area (Å²) in [5.74, 6) is 1.40. The minimum atomic E-state index is 0.199. The average Bonchev–Trinajstić information content (AvgIpc) is 2.96. The van der Waals surface area contributed by atoms with Gasteiger partial charge >= 0.3 is 0 Å². The second-order valence-electron chi connectivity index (χ2n) is 4.93. The van der Waals surface area contributed by atoms with Crippen LogP contribution in [0.25, 0.3) is 0 Å². The van der Waals surface area contributed by atoms with Crippen LogP contribution in [-0.4, -0.2) is 18.3 Å². The normalized spacial score (nSPS) is 19.7. The van der Waals surface area contributed by atoms with E-state index in [1.165, 1.54) is 12.8 Å². The van der Waals surface area contributed by atoms with Gasteiger partial charge < -0.3 is 5.32 Å². The van der Waals surface area contributed by atoms with Gasteiger partial charge in [-0.3, -0.25) is 4.79 Å². The number of hydrogen-bond donors (Lipinski definition) is 1. The summed E-state index contributed by atoms with van der Waals surface area (Å²) < 4.78 is 0. The van der Waals surface area contributed by atoms with Gasteiger partial charge in [0.25, 0.3) is 0 Å². The molecule has 0 heterocycles. The van der Waals surface area contributed by atoms with E-state index in [1.807, 2.05) is 0 Å². The van der Waals surface area contributed by atoms with Crippen LogP contribution >= 0.6 is 11.6 Å². The maximum Gasteiger partial charge on any atom is 0.220 e. The standard InChI is InChI=1S/C12H22ClNO/c1-3-10(2)8-11(15)14-9-12(4-5-12)6-7-13/h10H,3-9H2,1-2H3,(H,14,15). The molecular weight excluding hydrogens is 210 g/mol. The Labute approximate surface area is 97.8 Å². The molecule has 0 saturated heterocycles. The van der Waals surface area contributed by atoms with Crippen LogP contribution in [-0.2, 0) is 4.79 Å². The van der Waals surface area contributed by atoms with Gasteiger partial charge in [-0.2, -0.15) is 0 Å². The number of halogens is 1. The summed E-state index contributed by atoms with van der Waals surface area (Å²) in [5.41, 5.74) is 0.354. The van der Waals surface area contributed by atoms with Crippen molar-refractivity contribution in [3.8, 4) is 0 Å². The summed E-state index contributed by atoms with van der Waals surface area (Å²) in [7, 11) is 0. The molecule has 0 spiro atoms. The molecule has 1 N–H and O–H groups in total. The average molecular weight is 232 g/mol. The van der Waals surface area contributed by atoms with Crippen LogP contribution in [0.2, 0.25) is 0 Å². The number of hydrogen-bond acceptors (Lipinski definition) is 1. The van der Waals surface area contributed by atoms with E-state index in [0.717, 1.165) is 19.4 Å². The van der Waals surface area contributed by atoms with Crippen LogP contribution < -0.4 is 5.32 Å². The van der Waals surface area contributed by atoms with Crippen molar-refractivity contribution < 1.29 is 4.79 Å². The molecule has 0 aliphatic heterocycles. The highest BCUT2D eigenvalue weighted by molar-refractivity contribution is 6.17. The third-order valence-corrected chi connectivity index (χ3v) is 3.66. The molecule has 1 rings (SSSR count). The van der Waals surface area contributed by atoms with Crippen LogP contribution in [0, 0.1) is 11.3 Å². The monoisotopic (exact) mass is 231 g/mol.